The number of aryl methyl sites for hydroxylation is 1. The molecule has 5 rings (SSSR count). The molecule has 13 nitrogen and oxygen atoms in total. The molecule has 0 aliphatic heterocycles. The molecule has 0 fully saturated rings. The van der Waals surface area contributed by atoms with Crippen LogP contribution in [0, 0.1) is 0 Å². The van der Waals surface area contributed by atoms with Gasteiger partial charge in [0.1, 0.15) is 11.7 Å². The highest BCUT2D eigenvalue weighted by Gasteiger charge is 2.26. The van der Waals surface area contributed by atoms with Crippen LogP contribution in [0.2, 0.25) is 0 Å². The molecule has 0 unspecified atom stereocenters. The van der Waals surface area contributed by atoms with E-state index in [4.69, 9.17) is 5.73 Å². The fourth-order valence-corrected chi connectivity index (χ4v) is 5.15. The van der Waals surface area contributed by atoms with E-state index in [1.54, 1.807) is 66.7 Å². The quantitative estimate of drug-likeness (QED) is 0.152. The van der Waals surface area contributed by atoms with Crippen molar-refractivity contribution in [3.63, 3.8) is 0 Å². The average molecular weight is 624 g/mol. The molecule has 236 valence electrons. The maximum Gasteiger partial charge on any atom is 0.335 e. The smallest absolute Gasteiger partial charge is 0.335 e. The Kier molecular flexibility index (Phi) is 9.53. The molecule has 13 heteroatoms. The third kappa shape index (κ3) is 6.64. The summed E-state index contributed by atoms with van der Waals surface area (Å²) in [7, 11) is 1.54. The summed E-state index contributed by atoms with van der Waals surface area (Å²) in [6, 6.07) is 20.3. The number of amides is 2. The Morgan fingerprint density at radius 2 is 1.65 bits per heavy atom. The molecular weight excluding hydrogens is 590 g/mol. The summed E-state index contributed by atoms with van der Waals surface area (Å²) < 4.78 is 3.68. The molecule has 2 aromatic heterocycles. The molecule has 0 bridgehead atoms. The van der Waals surface area contributed by atoms with Crippen LogP contribution in [-0.4, -0.2) is 60.9 Å². The van der Waals surface area contributed by atoms with Crippen molar-refractivity contribution in [2.75, 3.05) is 13.1 Å². The molecule has 1 atom stereocenters. The van der Waals surface area contributed by atoms with Crippen LogP contribution in [0.3, 0.4) is 0 Å². The molecule has 0 aliphatic carbocycles. The fraction of sp³-hybridized carbons (Fsp3) is 0.212. The number of hydrogen-bond acceptors (Lipinski definition) is 7. The number of nitrogens with two attached hydrogens (primary N) is 1. The van der Waals surface area contributed by atoms with Crippen molar-refractivity contribution in [2.45, 2.75) is 25.3 Å². The van der Waals surface area contributed by atoms with Gasteiger partial charge in [-0.15, -0.1) is 0 Å². The van der Waals surface area contributed by atoms with Crippen molar-refractivity contribution < 1.29 is 19.5 Å². The van der Waals surface area contributed by atoms with Crippen molar-refractivity contribution in [2.24, 2.45) is 12.8 Å². The largest absolute Gasteiger partial charge is 0.480 e. The summed E-state index contributed by atoms with van der Waals surface area (Å²) >= 11 is 0. The molecule has 5 N–H and O–H groups in total. The number of carboxylic acids is 1. The average Bonchev–Trinajstić information content (AvgIpc) is 3.51. The monoisotopic (exact) mass is 623 g/mol. The van der Waals surface area contributed by atoms with Crippen LogP contribution < -0.4 is 27.6 Å². The topological polar surface area (TPSA) is 183 Å². The number of fused-ring (bicyclic) bond motifs is 1. The van der Waals surface area contributed by atoms with Crippen LogP contribution in [0.5, 0.6) is 0 Å². The SMILES string of the molecule is Cn1ccc(=O)n(-c2cccc3c(C[C@H](NC(=O)c4cc(C(=O)NCCCCN)n(-c5ccccc5)n4)C(=O)O)cccc23)c1=O. The summed E-state index contributed by atoms with van der Waals surface area (Å²) in [4.78, 5) is 64.4. The molecule has 0 aliphatic rings. The first kappa shape index (κ1) is 31.6. The number of rotatable bonds is 12. The predicted octanol–water partition coefficient (Wildman–Crippen LogP) is 1.77. The van der Waals surface area contributed by atoms with E-state index in [0.29, 0.717) is 47.2 Å². The highest BCUT2D eigenvalue weighted by Crippen LogP contribution is 2.25. The van der Waals surface area contributed by atoms with Crippen LogP contribution >= 0.6 is 0 Å². The maximum atomic E-state index is 13.4. The lowest BCUT2D eigenvalue weighted by Crippen LogP contribution is -2.42. The number of hydrogen-bond donors (Lipinski definition) is 4. The van der Waals surface area contributed by atoms with Crippen molar-refractivity contribution in [3.05, 3.63) is 123 Å². The minimum atomic E-state index is -1.37. The van der Waals surface area contributed by atoms with Gasteiger partial charge in [-0.05, 0) is 48.5 Å². The molecule has 3 aromatic carbocycles. The van der Waals surface area contributed by atoms with E-state index in [0.717, 1.165) is 11.0 Å². The van der Waals surface area contributed by atoms with E-state index in [1.165, 1.54) is 34.6 Å². The van der Waals surface area contributed by atoms with Crippen LogP contribution in [-0.2, 0) is 18.3 Å². The normalized spacial score (nSPS) is 11.7. The standard InChI is InChI=1S/C33H33N7O6/c1-38-18-15-29(41)39(33(38)46)27-14-8-12-23-21(9-7-13-24(23)27)19-26(32(44)45)36-30(42)25-20-28(31(43)35-17-6-5-16-34)40(37-25)22-10-3-2-4-11-22/h2-4,7-15,18,20,26H,5-6,16-17,19,34H2,1H3,(H,35,43)(H,36,42)(H,44,45)/t26-/m0/s1. The Labute approximate surface area is 262 Å². The molecule has 2 heterocycles. The van der Waals surface area contributed by atoms with E-state index >= 15 is 0 Å². The molecule has 0 spiro atoms. The summed E-state index contributed by atoms with van der Waals surface area (Å²) in [6.07, 6.45) is 2.70. The Balaban J connectivity index is 1.44. The maximum absolute atomic E-state index is 13.4. The van der Waals surface area contributed by atoms with Gasteiger partial charge >= 0.3 is 11.7 Å². The van der Waals surface area contributed by atoms with Crippen LogP contribution in [0.15, 0.2) is 94.6 Å². The second-order valence-corrected chi connectivity index (χ2v) is 10.7. The lowest BCUT2D eigenvalue weighted by Gasteiger charge is -2.17. The zero-order valence-electron chi connectivity index (χ0n) is 25.1. The zero-order valence-corrected chi connectivity index (χ0v) is 25.1. The third-order valence-electron chi connectivity index (χ3n) is 7.50. The van der Waals surface area contributed by atoms with E-state index in [1.807, 2.05) is 0 Å². The Bertz CT molecular complexity index is 2030. The second kappa shape index (κ2) is 13.9. The van der Waals surface area contributed by atoms with Gasteiger partial charge in [-0.3, -0.25) is 14.4 Å². The third-order valence-corrected chi connectivity index (χ3v) is 7.50. The van der Waals surface area contributed by atoms with Gasteiger partial charge < -0.3 is 26.0 Å². The first-order chi connectivity index (χ1) is 22.2. The number of nitrogens with one attached hydrogen (secondary N) is 2. The Morgan fingerprint density at radius 3 is 2.39 bits per heavy atom. The minimum Gasteiger partial charge on any atom is -0.480 e. The summed E-state index contributed by atoms with van der Waals surface area (Å²) in [5.74, 6) is -2.50. The van der Waals surface area contributed by atoms with E-state index in [2.05, 4.69) is 15.7 Å². The number of aliphatic carboxylic acids is 1. The molecule has 0 radical (unpaired) electrons. The number of carboxylic acid groups (broad SMARTS) is 1. The molecular formula is C33H33N7O6. The number of aromatic nitrogens is 4. The Hall–Kier alpha value is -5.82. The molecule has 2 amide bonds. The van der Waals surface area contributed by atoms with Crippen molar-refractivity contribution in [1.82, 2.24) is 29.5 Å². The molecule has 0 saturated carbocycles. The van der Waals surface area contributed by atoms with Gasteiger partial charge in [-0.25, -0.2) is 18.8 Å². The number of nitrogens with zero attached hydrogens (tertiary/aromatic N) is 4. The number of benzene rings is 3. The van der Waals surface area contributed by atoms with Crippen molar-refractivity contribution in [1.29, 1.82) is 0 Å². The van der Waals surface area contributed by atoms with Gasteiger partial charge in [-0.1, -0.05) is 48.5 Å². The lowest BCUT2D eigenvalue weighted by molar-refractivity contribution is -0.139. The van der Waals surface area contributed by atoms with E-state index in [9.17, 15) is 29.1 Å². The highest BCUT2D eigenvalue weighted by atomic mass is 16.4. The highest BCUT2D eigenvalue weighted by molar-refractivity contribution is 6.00. The van der Waals surface area contributed by atoms with Crippen molar-refractivity contribution in [3.8, 4) is 11.4 Å². The number of para-hydroxylation sites is 1. The van der Waals surface area contributed by atoms with Gasteiger partial charge in [0, 0.05) is 43.7 Å². The summed E-state index contributed by atoms with van der Waals surface area (Å²) in [6.45, 7) is 0.888. The first-order valence-corrected chi connectivity index (χ1v) is 14.7. The number of carbonyl (C=O) groups excluding carboxylic acids is 2. The molecule has 46 heavy (non-hydrogen) atoms. The van der Waals surface area contributed by atoms with Gasteiger partial charge in [0.15, 0.2) is 5.69 Å². The fourth-order valence-electron chi connectivity index (χ4n) is 5.15. The van der Waals surface area contributed by atoms with E-state index < -0.39 is 35.1 Å². The van der Waals surface area contributed by atoms with E-state index in [-0.39, 0.29) is 17.8 Å². The Morgan fingerprint density at radius 1 is 0.913 bits per heavy atom. The predicted molar refractivity (Wildman–Crippen MR) is 172 cm³/mol. The molecule has 5 aromatic rings. The van der Waals surface area contributed by atoms with Crippen LogP contribution in [0.1, 0.15) is 39.4 Å². The minimum absolute atomic E-state index is 0.111. The zero-order chi connectivity index (χ0) is 32.8. The second-order valence-electron chi connectivity index (χ2n) is 10.7. The number of unbranched alkanes of at least 4 members (excludes halogenated alkanes) is 1. The van der Waals surface area contributed by atoms with Crippen LogP contribution in [0.4, 0.5) is 0 Å². The van der Waals surface area contributed by atoms with Gasteiger partial charge in [-0.2, -0.15) is 5.10 Å². The van der Waals surface area contributed by atoms with Gasteiger partial charge in [0.05, 0.1) is 11.4 Å². The lowest BCUT2D eigenvalue weighted by atomic mass is 9.97. The summed E-state index contributed by atoms with van der Waals surface area (Å²) in [5.41, 5.74) is 5.94. The van der Waals surface area contributed by atoms with Crippen molar-refractivity contribution >= 4 is 28.6 Å². The van der Waals surface area contributed by atoms with Gasteiger partial charge in [0.25, 0.3) is 17.4 Å². The molecule has 0 saturated heterocycles. The first-order valence-electron chi connectivity index (χ1n) is 14.7. The number of carbonyl (C=O) groups is 3. The van der Waals surface area contributed by atoms with Crippen LogP contribution in [0.25, 0.3) is 22.1 Å². The van der Waals surface area contributed by atoms with Gasteiger partial charge in [0.2, 0.25) is 0 Å². The summed E-state index contributed by atoms with van der Waals surface area (Å²) in [5, 5.41) is 21.0.